The molecule has 2 atom stereocenters. The Labute approximate surface area is 167 Å². The number of fused-ring (bicyclic) bond motifs is 1. The lowest BCUT2D eigenvalue weighted by atomic mass is 10.2. The van der Waals surface area contributed by atoms with Crippen molar-refractivity contribution in [1.82, 2.24) is 15.3 Å². The van der Waals surface area contributed by atoms with Crippen molar-refractivity contribution in [3.05, 3.63) is 59.4 Å². The Bertz CT molecular complexity index is 865. The van der Waals surface area contributed by atoms with Gasteiger partial charge in [-0.2, -0.15) is 11.8 Å². The van der Waals surface area contributed by atoms with E-state index in [0.29, 0.717) is 10.8 Å². The zero-order chi connectivity index (χ0) is 19.2. The molecule has 2 N–H and O–H groups in total. The molecule has 3 aromatic rings. The maximum atomic E-state index is 12.7. The summed E-state index contributed by atoms with van der Waals surface area (Å²) in [6.45, 7) is 1.73. The lowest BCUT2D eigenvalue weighted by molar-refractivity contribution is -0.128. The number of aromatic nitrogens is 2. The van der Waals surface area contributed by atoms with Gasteiger partial charge in [-0.25, -0.2) is 4.98 Å². The molecule has 0 spiro atoms. The van der Waals surface area contributed by atoms with Crippen LogP contribution < -0.4 is 10.1 Å². The number of nitrogens with zero attached hydrogens (tertiary/aromatic N) is 1. The largest absolute Gasteiger partial charge is 0.481 e. The van der Waals surface area contributed by atoms with Crippen molar-refractivity contribution in [2.45, 2.75) is 25.5 Å². The summed E-state index contributed by atoms with van der Waals surface area (Å²) in [6.07, 6.45) is 2.19. The first-order valence-corrected chi connectivity index (χ1v) is 10.5. The fourth-order valence-electron chi connectivity index (χ4n) is 2.71. The molecule has 0 bridgehead atoms. The van der Waals surface area contributed by atoms with Crippen LogP contribution in [0.3, 0.4) is 0 Å². The van der Waals surface area contributed by atoms with Crippen LogP contribution >= 0.6 is 23.4 Å². The van der Waals surface area contributed by atoms with Gasteiger partial charge in [0, 0.05) is 5.02 Å². The number of H-pyrrole nitrogens is 1. The van der Waals surface area contributed by atoms with Gasteiger partial charge in [-0.3, -0.25) is 4.79 Å². The topological polar surface area (TPSA) is 67.0 Å². The Balaban J connectivity index is 1.70. The number of carbonyl (C=O) groups is 1. The Morgan fingerprint density at radius 1 is 1.26 bits per heavy atom. The highest BCUT2D eigenvalue weighted by Gasteiger charge is 2.22. The molecule has 2 aromatic carbocycles. The standard InChI is InChI=1S/C20H22ClN3O2S/c1-13(26-15-9-7-14(21)8-10-15)20(25)24-18(11-12-27-2)19-22-16-5-3-4-6-17(16)23-19/h3-10,13,18H,11-12H2,1-2H3,(H,22,23)(H,24,25)/t13-,18+/m1/s1. The highest BCUT2D eigenvalue weighted by molar-refractivity contribution is 7.98. The van der Waals surface area contributed by atoms with Crippen LogP contribution in [0, 0.1) is 0 Å². The fraction of sp³-hybridized carbons (Fsp3) is 0.300. The van der Waals surface area contributed by atoms with Crippen molar-refractivity contribution in [3.8, 4) is 5.75 Å². The highest BCUT2D eigenvalue weighted by atomic mass is 35.5. The number of carbonyl (C=O) groups excluding carboxylic acids is 1. The highest BCUT2D eigenvalue weighted by Crippen LogP contribution is 2.21. The molecule has 0 saturated heterocycles. The van der Waals surface area contributed by atoms with Gasteiger partial charge in [0.2, 0.25) is 0 Å². The smallest absolute Gasteiger partial charge is 0.261 e. The summed E-state index contributed by atoms with van der Waals surface area (Å²) in [5, 5.41) is 3.69. The minimum absolute atomic E-state index is 0.184. The van der Waals surface area contributed by atoms with Crippen LogP contribution in [0.2, 0.25) is 5.02 Å². The van der Waals surface area contributed by atoms with Gasteiger partial charge in [-0.15, -0.1) is 0 Å². The molecule has 1 aromatic heterocycles. The lowest BCUT2D eigenvalue weighted by Gasteiger charge is -2.20. The fourth-order valence-corrected chi connectivity index (χ4v) is 3.31. The third-order valence-electron chi connectivity index (χ3n) is 4.16. The number of imidazole rings is 1. The maximum absolute atomic E-state index is 12.7. The summed E-state index contributed by atoms with van der Waals surface area (Å²) < 4.78 is 5.72. The molecular formula is C20H22ClN3O2S. The molecule has 7 heteroatoms. The number of nitrogens with one attached hydrogen (secondary N) is 2. The Kier molecular flexibility index (Phi) is 6.63. The van der Waals surface area contributed by atoms with E-state index in [2.05, 4.69) is 15.3 Å². The number of hydrogen-bond acceptors (Lipinski definition) is 4. The number of para-hydroxylation sites is 2. The summed E-state index contributed by atoms with van der Waals surface area (Å²) in [5.41, 5.74) is 1.85. The molecule has 1 amide bonds. The number of rotatable bonds is 8. The quantitative estimate of drug-likeness (QED) is 0.577. The van der Waals surface area contributed by atoms with Crippen LogP contribution in [0.4, 0.5) is 0 Å². The van der Waals surface area contributed by atoms with E-state index in [1.54, 1.807) is 43.0 Å². The van der Waals surface area contributed by atoms with Crippen molar-refractivity contribution in [2.24, 2.45) is 0 Å². The van der Waals surface area contributed by atoms with Gasteiger partial charge in [0.05, 0.1) is 17.1 Å². The van der Waals surface area contributed by atoms with E-state index in [1.165, 1.54) is 0 Å². The van der Waals surface area contributed by atoms with Crippen LogP contribution in [0.15, 0.2) is 48.5 Å². The van der Waals surface area contributed by atoms with Gasteiger partial charge < -0.3 is 15.0 Å². The third kappa shape index (κ3) is 5.17. The van der Waals surface area contributed by atoms with Crippen molar-refractivity contribution in [1.29, 1.82) is 0 Å². The van der Waals surface area contributed by atoms with Gasteiger partial charge in [0.25, 0.3) is 5.91 Å². The molecule has 0 aliphatic rings. The number of benzene rings is 2. The second kappa shape index (κ2) is 9.15. The van der Waals surface area contributed by atoms with Crippen LogP contribution in [0.5, 0.6) is 5.75 Å². The zero-order valence-corrected chi connectivity index (χ0v) is 16.8. The molecule has 142 valence electrons. The third-order valence-corrected chi connectivity index (χ3v) is 5.06. The number of aromatic amines is 1. The Morgan fingerprint density at radius 3 is 2.70 bits per heavy atom. The van der Waals surface area contributed by atoms with E-state index in [-0.39, 0.29) is 11.9 Å². The van der Waals surface area contributed by atoms with Crippen LogP contribution in [-0.4, -0.2) is 34.0 Å². The van der Waals surface area contributed by atoms with E-state index in [9.17, 15) is 4.79 Å². The summed E-state index contributed by atoms with van der Waals surface area (Å²) >= 11 is 7.62. The predicted molar refractivity (Wildman–Crippen MR) is 112 cm³/mol. The maximum Gasteiger partial charge on any atom is 0.261 e. The monoisotopic (exact) mass is 403 g/mol. The molecular weight excluding hydrogens is 382 g/mol. The van der Waals surface area contributed by atoms with Crippen molar-refractivity contribution < 1.29 is 9.53 Å². The van der Waals surface area contributed by atoms with Gasteiger partial charge in [-0.1, -0.05) is 23.7 Å². The van der Waals surface area contributed by atoms with Crippen molar-refractivity contribution >= 4 is 40.3 Å². The molecule has 0 saturated carbocycles. The second-order valence-corrected chi connectivity index (χ2v) is 7.62. The van der Waals surface area contributed by atoms with Crippen LogP contribution in [-0.2, 0) is 4.79 Å². The first kappa shape index (κ1) is 19.6. The Hall–Kier alpha value is -2.18. The Morgan fingerprint density at radius 2 is 2.00 bits per heavy atom. The number of thioether (sulfide) groups is 1. The molecule has 0 radical (unpaired) electrons. The molecule has 5 nitrogen and oxygen atoms in total. The first-order chi connectivity index (χ1) is 13.1. The average Bonchev–Trinajstić information content (AvgIpc) is 3.10. The lowest BCUT2D eigenvalue weighted by Crippen LogP contribution is -2.39. The molecule has 3 rings (SSSR count). The van der Waals surface area contributed by atoms with E-state index >= 15 is 0 Å². The second-order valence-electron chi connectivity index (χ2n) is 6.20. The van der Waals surface area contributed by atoms with E-state index in [1.807, 2.05) is 30.5 Å². The van der Waals surface area contributed by atoms with E-state index in [4.69, 9.17) is 16.3 Å². The van der Waals surface area contributed by atoms with Gasteiger partial charge in [0.1, 0.15) is 11.6 Å². The SMILES string of the molecule is CSCC[C@H](NC(=O)[C@@H](C)Oc1ccc(Cl)cc1)c1nc2ccccc2[nH]1. The first-order valence-electron chi connectivity index (χ1n) is 8.73. The number of hydrogen-bond donors (Lipinski definition) is 2. The van der Waals surface area contributed by atoms with Gasteiger partial charge in [0.15, 0.2) is 6.10 Å². The summed E-state index contributed by atoms with van der Waals surface area (Å²) in [7, 11) is 0. The van der Waals surface area contributed by atoms with E-state index in [0.717, 1.165) is 29.0 Å². The van der Waals surface area contributed by atoms with Gasteiger partial charge >= 0.3 is 0 Å². The normalized spacial score (nSPS) is 13.3. The average molecular weight is 404 g/mol. The number of amides is 1. The molecule has 0 aliphatic carbocycles. The van der Waals surface area contributed by atoms with Crippen molar-refractivity contribution in [2.75, 3.05) is 12.0 Å². The molecule has 0 fully saturated rings. The molecule has 0 unspecified atom stereocenters. The zero-order valence-electron chi connectivity index (χ0n) is 15.2. The van der Waals surface area contributed by atoms with Crippen LogP contribution in [0.25, 0.3) is 11.0 Å². The summed E-state index contributed by atoms with van der Waals surface area (Å²) in [5.74, 6) is 2.09. The minimum Gasteiger partial charge on any atom is -0.481 e. The number of ether oxygens (including phenoxy) is 1. The predicted octanol–water partition coefficient (Wildman–Crippen LogP) is 4.59. The summed E-state index contributed by atoms with van der Waals surface area (Å²) in [6, 6.07) is 14.6. The van der Waals surface area contributed by atoms with E-state index < -0.39 is 6.10 Å². The molecule has 27 heavy (non-hydrogen) atoms. The summed E-state index contributed by atoms with van der Waals surface area (Å²) in [4.78, 5) is 20.6. The number of halogens is 1. The van der Waals surface area contributed by atoms with Crippen molar-refractivity contribution in [3.63, 3.8) is 0 Å². The minimum atomic E-state index is -0.632. The molecule has 0 aliphatic heterocycles. The van der Waals surface area contributed by atoms with Gasteiger partial charge in [-0.05, 0) is 61.8 Å². The molecule has 1 heterocycles. The van der Waals surface area contributed by atoms with Crippen LogP contribution in [0.1, 0.15) is 25.2 Å².